The molecule has 15 heavy (non-hydrogen) atoms. The quantitative estimate of drug-likeness (QED) is 0.684. The van der Waals surface area contributed by atoms with Gasteiger partial charge in [-0.25, -0.2) is 0 Å². The number of nitrogens with zero attached hydrogens (tertiary/aromatic N) is 1. The van der Waals surface area contributed by atoms with Gasteiger partial charge in [-0.05, 0) is 18.7 Å². The van der Waals surface area contributed by atoms with Crippen LogP contribution in [0.2, 0.25) is 0 Å². The lowest BCUT2D eigenvalue weighted by atomic mass is 9.97. The number of hydrogen-bond acceptors (Lipinski definition) is 3. The van der Waals surface area contributed by atoms with Crippen LogP contribution in [0.1, 0.15) is 17.2 Å². The van der Waals surface area contributed by atoms with Crippen LogP contribution in [-0.4, -0.2) is 34.2 Å². The first-order chi connectivity index (χ1) is 6.18. The maximum atomic E-state index is 9.70. The third-order valence-electron chi connectivity index (χ3n) is 2.46. The molecule has 1 atom stereocenters. The molecule has 86 valence electrons. The highest BCUT2D eigenvalue weighted by molar-refractivity contribution is 5.85. The number of aliphatic hydroxyl groups is 1. The maximum Gasteiger partial charge on any atom is 0.120 e. The maximum absolute atomic E-state index is 9.70. The van der Waals surface area contributed by atoms with Gasteiger partial charge in [-0.3, -0.25) is 4.90 Å². The highest BCUT2D eigenvalue weighted by atomic mass is 35.5. The standard InChI is InChI=1S/C10H13NO2.ClH.H2O/c1-11-5-8-7(10(13)6-11)3-2-4-9(8)12;;/h2-4,10,12-13H,5-6H2,1H3;1H;1H2. The monoisotopic (exact) mass is 233 g/mol. The fourth-order valence-corrected chi connectivity index (χ4v) is 1.80. The number of aromatic hydroxyl groups is 1. The van der Waals surface area contributed by atoms with E-state index in [1.54, 1.807) is 12.1 Å². The SMILES string of the molecule is CN1Cc2c(O)cccc2C(O)C1.Cl.O. The second-order valence-corrected chi connectivity index (χ2v) is 3.56. The van der Waals surface area contributed by atoms with E-state index in [1.165, 1.54) is 0 Å². The van der Waals surface area contributed by atoms with Crippen molar-refractivity contribution < 1.29 is 15.7 Å². The minimum Gasteiger partial charge on any atom is -0.508 e. The minimum atomic E-state index is -0.471. The van der Waals surface area contributed by atoms with Gasteiger partial charge in [0.15, 0.2) is 0 Å². The highest BCUT2D eigenvalue weighted by Crippen LogP contribution is 2.31. The normalized spacial score (nSPS) is 19.7. The van der Waals surface area contributed by atoms with E-state index in [4.69, 9.17) is 0 Å². The van der Waals surface area contributed by atoms with Crippen molar-refractivity contribution in [1.82, 2.24) is 4.90 Å². The second kappa shape index (κ2) is 5.32. The molecule has 0 radical (unpaired) electrons. The third-order valence-corrected chi connectivity index (χ3v) is 2.46. The molecule has 1 unspecified atom stereocenters. The summed E-state index contributed by atoms with van der Waals surface area (Å²) >= 11 is 0. The van der Waals surface area contributed by atoms with E-state index >= 15 is 0 Å². The molecule has 0 spiro atoms. The molecule has 1 aromatic carbocycles. The van der Waals surface area contributed by atoms with Gasteiger partial charge in [0.25, 0.3) is 0 Å². The number of β-amino-alcohol motifs (C(OH)–C–C–N with tert-alkyl or cyclic N) is 1. The van der Waals surface area contributed by atoms with Crippen LogP contribution < -0.4 is 0 Å². The Labute approximate surface area is 94.9 Å². The molecular formula is C10H16ClNO3. The Bertz CT molecular complexity index is 332. The van der Waals surface area contributed by atoms with E-state index in [-0.39, 0.29) is 23.6 Å². The van der Waals surface area contributed by atoms with Crippen LogP contribution in [0.25, 0.3) is 0 Å². The van der Waals surface area contributed by atoms with Crippen molar-refractivity contribution in [2.45, 2.75) is 12.6 Å². The van der Waals surface area contributed by atoms with Crippen LogP contribution in [0.3, 0.4) is 0 Å². The van der Waals surface area contributed by atoms with E-state index in [0.29, 0.717) is 13.1 Å². The number of phenolic OH excluding ortho intramolecular Hbond substituents is 1. The number of aliphatic hydroxyl groups excluding tert-OH is 1. The Hall–Kier alpha value is -0.810. The van der Waals surface area contributed by atoms with Crippen LogP contribution in [-0.2, 0) is 6.54 Å². The zero-order valence-corrected chi connectivity index (χ0v) is 9.29. The van der Waals surface area contributed by atoms with Gasteiger partial charge >= 0.3 is 0 Å². The zero-order valence-electron chi connectivity index (χ0n) is 8.47. The summed E-state index contributed by atoms with van der Waals surface area (Å²) in [5, 5.41) is 19.3. The van der Waals surface area contributed by atoms with Crippen LogP contribution in [0.5, 0.6) is 5.75 Å². The molecule has 5 heteroatoms. The highest BCUT2D eigenvalue weighted by Gasteiger charge is 2.22. The number of hydrogen-bond donors (Lipinski definition) is 2. The van der Waals surface area contributed by atoms with Gasteiger partial charge in [-0.2, -0.15) is 0 Å². The molecular weight excluding hydrogens is 218 g/mol. The van der Waals surface area contributed by atoms with Gasteiger partial charge in [0, 0.05) is 18.7 Å². The lowest BCUT2D eigenvalue weighted by Gasteiger charge is -2.29. The fourth-order valence-electron chi connectivity index (χ4n) is 1.80. The molecule has 0 amide bonds. The Morgan fingerprint density at radius 2 is 2.07 bits per heavy atom. The average Bonchev–Trinajstić information content (AvgIpc) is 2.07. The molecule has 4 N–H and O–H groups in total. The molecule has 0 aliphatic carbocycles. The first kappa shape index (κ1) is 14.2. The summed E-state index contributed by atoms with van der Waals surface area (Å²) in [6, 6.07) is 5.29. The fraction of sp³-hybridized carbons (Fsp3) is 0.400. The van der Waals surface area contributed by atoms with Crippen molar-refractivity contribution in [3.8, 4) is 5.75 Å². The molecule has 0 saturated heterocycles. The number of phenols is 1. The van der Waals surface area contributed by atoms with Crippen LogP contribution in [0, 0.1) is 0 Å². The third kappa shape index (κ3) is 2.60. The Morgan fingerprint density at radius 1 is 1.40 bits per heavy atom. The number of fused-ring (bicyclic) bond motifs is 1. The molecule has 2 rings (SSSR count). The number of halogens is 1. The summed E-state index contributed by atoms with van der Waals surface area (Å²) in [5.74, 6) is 0.281. The summed E-state index contributed by atoms with van der Waals surface area (Å²) in [5.41, 5.74) is 1.71. The van der Waals surface area contributed by atoms with Crippen molar-refractivity contribution in [3.05, 3.63) is 29.3 Å². The topological polar surface area (TPSA) is 75.2 Å². The van der Waals surface area contributed by atoms with Gasteiger partial charge in [-0.15, -0.1) is 12.4 Å². The van der Waals surface area contributed by atoms with Crippen molar-refractivity contribution in [2.24, 2.45) is 0 Å². The summed E-state index contributed by atoms with van der Waals surface area (Å²) < 4.78 is 0. The molecule has 0 fully saturated rings. The molecule has 0 saturated carbocycles. The molecule has 1 aliphatic heterocycles. The molecule has 1 aliphatic rings. The van der Waals surface area contributed by atoms with E-state index in [1.807, 2.05) is 18.0 Å². The smallest absolute Gasteiger partial charge is 0.120 e. The molecule has 4 nitrogen and oxygen atoms in total. The van der Waals surface area contributed by atoms with Crippen LogP contribution >= 0.6 is 12.4 Å². The van der Waals surface area contributed by atoms with E-state index < -0.39 is 6.10 Å². The predicted octanol–water partition coefficient (Wildman–Crippen LogP) is 0.468. The summed E-state index contributed by atoms with van der Waals surface area (Å²) in [6.07, 6.45) is -0.471. The van der Waals surface area contributed by atoms with Crippen molar-refractivity contribution in [3.63, 3.8) is 0 Å². The molecule has 1 heterocycles. The van der Waals surface area contributed by atoms with Crippen molar-refractivity contribution >= 4 is 12.4 Å². The van der Waals surface area contributed by atoms with E-state index in [2.05, 4.69) is 0 Å². The summed E-state index contributed by atoms with van der Waals surface area (Å²) in [4.78, 5) is 1.99. The van der Waals surface area contributed by atoms with Crippen molar-refractivity contribution in [1.29, 1.82) is 0 Å². The van der Waals surface area contributed by atoms with Crippen molar-refractivity contribution in [2.75, 3.05) is 13.6 Å². The van der Waals surface area contributed by atoms with Gasteiger partial charge in [0.05, 0.1) is 6.10 Å². The molecule has 1 aromatic rings. The van der Waals surface area contributed by atoms with Crippen LogP contribution in [0.15, 0.2) is 18.2 Å². The lowest BCUT2D eigenvalue weighted by molar-refractivity contribution is 0.106. The Kier molecular flexibility index (Phi) is 5.03. The molecule has 0 aromatic heterocycles. The molecule has 0 bridgehead atoms. The first-order valence-corrected chi connectivity index (χ1v) is 4.36. The zero-order chi connectivity index (χ0) is 9.42. The van der Waals surface area contributed by atoms with E-state index in [9.17, 15) is 10.2 Å². The average molecular weight is 234 g/mol. The number of benzene rings is 1. The van der Waals surface area contributed by atoms with Gasteiger partial charge in [0.1, 0.15) is 5.75 Å². The number of rotatable bonds is 0. The largest absolute Gasteiger partial charge is 0.508 e. The van der Waals surface area contributed by atoms with Gasteiger partial charge in [0.2, 0.25) is 0 Å². The number of likely N-dealkylation sites (N-methyl/N-ethyl adjacent to an activating group) is 1. The summed E-state index contributed by atoms with van der Waals surface area (Å²) in [7, 11) is 1.93. The Balaban J connectivity index is 0.000000980. The van der Waals surface area contributed by atoms with Crippen LogP contribution in [0.4, 0.5) is 0 Å². The van der Waals surface area contributed by atoms with Gasteiger partial charge < -0.3 is 15.7 Å². The summed E-state index contributed by atoms with van der Waals surface area (Å²) in [6.45, 7) is 1.34. The second-order valence-electron chi connectivity index (χ2n) is 3.56. The lowest BCUT2D eigenvalue weighted by Crippen LogP contribution is -2.30. The first-order valence-electron chi connectivity index (χ1n) is 4.36. The predicted molar refractivity (Wildman–Crippen MR) is 60.3 cm³/mol. The minimum absolute atomic E-state index is 0. The van der Waals surface area contributed by atoms with E-state index in [0.717, 1.165) is 11.1 Å². The Morgan fingerprint density at radius 3 is 2.73 bits per heavy atom. The van der Waals surface area contributed by atoms with Gasteiger partial charge in [-0.1, -0.05) is 12.1 Å².